The molecule has 0 aliphatic carbocycles. The van der Waals surface area contributed by atoms with Crippen LogP contribution in [0.4, 0.5) is 0 Å². The summed E-state index contributed by atoms with van der Waals surface area (Å²) in [6, 6.07) is 3.65. The van der Waals surface area contributed by atoms with Crippen LogP contribution >= 0.6 is 0 Å². The van der Waals surface area contributed by atoms with E-state index < -0.39 is 29.1 Å². The maximum atomic E-state index is 11.7. The molecule has 0 spiro atoms. The Morgan fingerprint density at radius 1 is 1.30 bits per heavy atom. The van der Waals surface area contributed by atoms with Crippen LogP contribution in [0.1, 0.15) is 33.3 Å². The van der Waals surface area contributed by atoms with Crippen LogP contribution in [-0.4, -0.2) is 33.8 Å². The van der Waals surface area contributed by atoms with Gasteiger partial charge >= 0.3 is 7.12 Å². The minimum Gasteiger partial charge on any atom is -0.398 e. The first-order valence-corrected chi connectivity index (χ1v) is 7.83. The van der Waals surface area contributed by atoms with Crippen LogP contribution in [0, 0.1) is 11.3 Å². The minimum atomic E-state index is -1.26. The number of pyridine rings is 1. The summed E-state index contributed by atoms with van der Waals surface area (Å²) >= 11 is 0. The lowest BCUT2D eigenvalue weighted by atomic mass is 9.81. The summed E-state index contributed by atoms with van der Waals surface area (Å²) in [4.78, 5) is 4.65. The van der Waals surface area contributed by atoms with Gasteiger partial charge < -0.3 is 9.31 Å². The minimum absolute atomic E-state index is 0.270. The van der Waals surface area contributed by atoms with Gasteiger partial charge in [0.1, 0.15) is 6.07 Å². The Bertz CT molecular complexity index is 594. The number of nitriles is 1. The van der Waals surface area contributed by atoms with Crippen molar-refractivity contribution in [1.29, 1.82) is 5.26 Å². The Morgan fingerprint density at radius 2 is 1.85 bits per heavy atom. The Labute approximate surface area is 121 Å². The van der Waals surface area contributed by atoms with Gasteiger partial charge in [-0.05, 0) is 33.8 Å². The molecule has 106 valence electrons. The molecule has 1 saturated heterocycles. The fourth-order valence-corrected chi connectivity index (χ4v) is 2.63. The Hall–Kier alpha value is -1.23. The van der Waals surface area contributed by atoms with Gasteiger partial charge in [-0.3, -0.25) is 9.19 Å². The average molecular weight is 292 g/mol. The van der Waals surface area contributed by atoms with Gasteiger partial charge in [-0.15, -0.1) is 0 Å². The molecule has 1 aliphatic heterocycles. The maximum absolute atomic E-state index is 11.7. The molecule has 1 atom stereocenters. The fourth-order valence-electron chi connectivity index (χ4n) is 1.94. The maximum Gasteiger partial charge on any atom is 0.515 e. The first kappa shape index (κ1) is 15.2. The molecule has 2 rings (SSSR count). The molecule has 7 heteroatoms. The number of hydrogen-bond donors (Lipinski definition) is 0. The predicted octanol–water partition coefficient (Wildman–Crippen LogP) is 0.990. The molecule has 1 aromatic rings. The van der Waals surface area contributed by atoms with Gasteiger partial charge in [-0.25, -0.2) is 0 Å². The van der Waals surface area contributed by atoms with Crippen molar-refractivity contribution in [1.82, 2.24) is 4.98 Å². The third-order valence-corrected chi connectivity index (χ3v) is 4.80. The Kier molecular flexibility index (Phi) is 3.76. The van der Waals surface area contributed by atoms with Crippen molar-refractivity contribution in [3.05, 3.63) is 17.8 Å². The van der Waals surface area contributed by atoms with Gasteiger partial charge in [0.25, 0.3) is 0 Å². The highest BCUT2D eigenvalue weighted by molar-refractivity contribution is 7.84. The summed E-state index contributed by atoms with van der Waals surface area (Å²) in [5, 5.41) is 9.33. The van der Waals surface area contributed by atoms with Crippen molar-refractivity contribution in [2.24, 2.45) is 0 Å². The van der Waals surface area contributed by atoms with Crippen molar-refractivity contribution in [3.63, 3.8) is 0 Å². The van der Waals surface area contributed by atoms with Crippen molar-refractivity contribution in [2.45, 2.75) is 43.8 Å². The predicted molar refractivity (Wildman–Crippen MR) is 77.0 cm³/mol. The zero-order valence-electron chi connectivity index (χ0n) is 12.3. The molecule has 2 heterocycles. The third-order valence-electron chi connectivity index (χ3n) is 3.84. The lowest BCUT2D eigenvalue weighted by molar-refractivity contribution is 0.00578. The standard InChI is InChI=1S/C13H17BN2O3S/c1-12(2)13(3,4)19-14(18-12)11-9(8-15)10(20(5)17)6-7-16-11/h6-7H,1-5H3. The molecule has 0 saturated carbocycles. The topological polar surface area (TPSA) is 72.2 Å². The van der Waals surface area contributed by atoms with Crippen molar-refractivity contribution >= 4 is 23.5 Å². The van der Waals surface area contributed by atoms with Crippen LogP contribution in [0.2, 0.25) is 0 Å². The van der Waals surface area contributed by atoms with E-state index in [2.05, 4.69) is 11.1 Å². The third kappa shape index (κ3) is 2.39. The zero-order valence-corrected chi connectivity index (χ0v) is 13.1. The largest absolute Gasteiger partial charge is 0.515 e. The molecule has 1 aliphatic rings. The Balaban J connectivity index is 2.49. The van der Waals surface area contributed by atoms with E-state index >= 15 is 0 Å². The fraction of sp³-hybridized carbons (Fsp3) is 0.538. The highest BCUT2D eigenvalue weighted by Gasteiger charge is 2.53. The summed E-state index contributed by atoms with van der Waals surface area (Å²) in [7, 11) is -1.99. The first-order chi connectivity index (χ1) is 9.19. The summed E-state index contributed by atoms with van der Waals surface area (Å²) in [6.45, 7) is 7.73. The molecular weight excluding hydrogens is 275 g/mol. The average Bonchev–Trinajstić information content (AvgIpc) is 2.57. The molecule has 5 nitrogen and oxygen atoms in total. The molecule has 0 radical (unpaired) electrons. The van der Waals surface area contributed by atoms with E-state index in [1.807, 2.05) is 27.7 Å². The van der Waals surface area contributed by atoms with Crippen molar-refractivity contribution < 1.29 is 13.5 Å². The molecule has 0 amide bonds. The van der Waals surface area contributed by atoms with E-state index in [0.29, 0.717) is 10.5 Å². The monoisotopic (exact) mass is 292 g/mol. The van der Waals surface area contributed by atoms with Crippen LogP contribution in [0.3, 0.4) is 0 Å². The molecule has 20 heavy (non-hydrogen) atoms. The van der Waals surface area contributed by atoms with Gasteiger partial charge in [0.15, 0.2) is 0 Å². The highest BCUT2D eigenvalue weighted by atomic mass is 32.2. The van der Waals surface area contributed by atoms with Gasteiger partial charge in [-0.1, -0.05) is 0 Å². The lowest BCUT2D eigenvalue weighted by Gasteiger charge is -2.32. The second kappa shape index (κ2) is 4.95. The van der Waals surface area contributed by atoms with E-state index in [-0.39, 0.29) is 5.56 Å². The molecule has 1 fully saturated rings. The van der Waals surface area contributed by atoms with Gasteiger partial charge in [0.05, 0.1) is 38.1 Å². The molecule has 0 aromatic carbocycles. The van der Waals surface area contributed by atoms with E-state index in [9.17, 15) is 9.47 Å². The van der Waals surface area contributed by atoms with E-state index in [4.69, 9.17) is 9.31 Å². The summed E-state index contributed by atoms with van der Waals surface area (Å²) in [5.41, 5.74) is -0.355. The summed E-state index contributed by atoms with van der Waals surface area (Å²) in [6.07, 6.45) is 3.06. The molecule has 1 aromatic heterocycles. The number of rotatable bonds is 2. The van der Waals surface area contributed by atoms with Gasteiger partial charge in [0.2, 0.25) is 0 Å². The van der Waals surface area contributed by atoms with Crippen LogP contribution in [-0.2, 0) is 20.1 Å². The summed E-state index contributed by atoms with van der Waals surface area (Å²) in [5.74, 6) is 0. The lowest BCUT2D eigenvalue weighted by Crippen LogP contribution is -2.41. The van der Waals surface area contributed by atoms with Crippen molar-refractivity contribution in [3.8, 4) is 6.07 Å². The molecule has 0 N–H and O–H groups in total. The van der Waals surface area contributed by atoms with Crippen LogP contribution in [0.25, 0.3) is 0 Å². The van der Waals surface area contributed by atoms with Gasteiger partial charge in [-0.2, -0.15) is 5.26 Å². The smallest absolute Gasteiger partial charge is 0.398 e. The molecular formula is C13H17BN2O3S. The highest BCUT2D eigenvalue weighted by Crippen LogP contribution is 2.36. The van der Waals surface area contributed by atoms with E-state index in [1.54, 1.807) is 6.07 Å². The SMILES string of the molecule is CS(=O)c1ccnc(B2OC(C)(C)C(C)(C)O2)c1C#N. The number of hydrogen-bond acceptors (Lipinski definition) is 5. The quantitative estimate of drug-likeness (QED) is 0.760. The van der Waals surface area contributed by atoms with E-state index in [0.717, 1.165) is 0 Å². The van der Waals surface area contributed by atoms with Crippen LogP contribution in [0.15, 0.2) is 17.2 Å². The van der Waals surface area contributed by atoms with Crippen LogP contribution < -0.4 is 5.59 Å². The second-order valence-electron chi connectivity index (χ2n) is 5.72. The second-order valence-corrected chi connectivity index (χ2v) is 7.07. The summed E-state index contributed by atoms with van der Waals surface area (Å²) < 4.78 is 23.5. The van der Waals surface area contributed by atoms with E-state index in [1.165, 1.54) is 12.5 Å². The number of nitrogens with zero attached hydrogens (tertiary/aromatic N) is 2. The zero-order chi connectivity index (χ0) is 15.1. The van der Waals surface area contributed by atoms with Gasteiger partial charge in [0, 0.05) is 12.5 Å². The Morgan fingerprint density at radius 3 is 2.30 bits per heavy atom. The number of aromatic nitrogens is 1. The van der Waals surface area contributed by atoms with Crippen molar-refractivity contribution in [2.75, 3.05) is 6.26 Å². The van der Waals surface area contributed by atoms with Crippen LogP contribution in [0.5, 0.6) is 0 Å². The molecule has 1 unspecified atom stereocenters. The molecule has 0 bridgehead atoms. The normalized spacial score (nSPS) is 21.5. The first-order valence-electron chi connectivity index (χ1n) is 6.27.